The van der Waals surface area contributed by atoms with Gasteiger partial charge in [-0.2, -0.15) is 17.4 Å². The minimum absolute atomic E-state index is 0.418. The number of hydrogen-bond acceptors (Lipinski definition) is 3. The summed E-state index contributed by atoms with van der Waals surface area (Å²) in [5.41, 5.74) is -0.418. The fraction of sp³-hybridized carbons (Fsp3) is 1.00. The van der Waals surface area contributed by atoms with Gasteiger partial charge in [-0.15, -0.1) is 0 Å². The Morgan fingerprint density at radius 1 is 1.21 bits per heavy atom. The van der Waals surface area contributed by atoms with Gasteiger partial charge in [-0.3, -0.25) is 0 Å². The van der Waals surface area contributed by atoms with E-state index in [1.165, 1.54) is 0 Å². The van der Waals surface area contributed by atoms with Crippen molar-refractivity contribution in [2.75, 3.05) is 26.2 Å². The van der Waals surface area contributed by atoms with Crippen molar-refractivity contribution in [2.45, 2.75) is 52.5 Å². The molecular formula is C13H29N3O2S. The van der Waals surface area contributed by atoms with Crippen molar-refractivity contribution in [3.63, 3.8) is 0 Å². The minimum Gasteiger partial charge on any atom is -0.316 e. The van der Waals surface area contributed by atoms with E-state index in [-0.39, 0.29) is 0 Å². The number of nitrogens with zero attached hydrogens (tertiary/aromatic N) is 1. The maximum absolute atomic E-state index is 12.2. The molecule has 0 spiro atoms. The van der Waals surface area contributed by atoms with Crippen LogP contribution in [0.15, 0.2) is 0 Å². The predicted octanol–water partition coefficient (Wildman–Crippen LogP) is 1.33. The van der Waals surface area contributed by atoms with Crippen LogP contribution in [-0.2, 0) is 10.2 Å². The molecule has 114 valence electrons. The first-order valence-corrected chi connectivity index (χ1v) is 8.68. The van der Waals surface area contributed by atoms with Gasteiger partial charge in [0.15, 0.2) is 0 Å². The summed E-state index contributed by atoms with van der Waals surface area (Å²) in [6, 6.07) is 0. The highest BCUT2D eigenvalue weighted by molar-refractivity contribution is 7.87. The van der Waals surface area contributed by atoms with Crippen LogP contribution in [0.5, 0.6) is 0 Å². The molecule has 0 aliphatic carbocycles. The summed E-state index contributed by atoms with van der Waals surface area (Å²) in [5, 5.41) is 3.41. The summed E-state index contributed by atoms with van der Waals surface area (Å²) in [5.74, 6) is 0.604. The number of rotatable bonds is 6. The van der Waals surface area contributed by atoms with Crippen LogP contribution >= 0.6 is 0 Å². The van der Waals surface area contributed by atoms with E-state index in [0.717, 1.165) is 32.4 Å². The van der Waals surface area contributed by atoms with E-state index in [4.69, 9.17) is 0 Å². The minimum atomic E-state index is -3.33. The van der Waals surface area contributed by atoms with Crippen LogP contribution < -0.4 is 10.0 Å². The van der Waals surface area contributed by atoms with Crippen molar-refractivity contribution in [3.05, 3.63) is 0 Å². The van der Waals surface area contributed by atoms with Crippen LogP contribution in [0.1, 0.15) is 47.0 Å². The smallest absolute Gasteiger partial charge is 0.279 e. The molecule has 1 aliphatic rings. The van der Waals surface area contributed by atoms with Gasteiger partial charge >= 0.3 is 0 Å². The Hall–Kier alpha value is -0.170. The van der Waals surface area contributed by atoms with Crippen LogP contribution in [0, 0.1) is 5.92 Å². The van der Waals surface area contributed by atoms with Crippen molar-refractivity contribution in [1.82, 2.24) is 14.3 Å². The van der Waals surface area contributed by atoms with Crippen molar-refractivity contribution >= 4 is 10.2 Å². The molecule has 1 rings (SSSR count). The third-order valence-corrected chi connectivity index (χ3v) is 5.12. The van der Waals surface area contributed by atoms with Gasteiger partial charge in [-0.25, -0.2) is 0 Å². The molecule has 0 aromatic heterocycles. The second-order valence-electron chi connectivity index (χ2n) is 6.40. The second-order valence-corrected chi connectivity index (χ2v) is 8.07. The largest absolute Gasteiger partial charge is 0.316 e. The van der Waals surface area contributed by atoms with E-state index in [9.17, 15) is 8.42 Å². The Morgan fingerprint density at radius 2 is 1.79 bits per heavy atom. The monoisotopic (exact) mass is 291 g/mol. The molecule has 0 atom stereocenters. The molecule has 5 nitrogen and oxygen atoms in total. The van der Waals surface area contributed by atoms with E-state index in [1.807, 2.05) is 20.8 Å². The average Bonchev–Trinajstić information content (AvgIpc) is 2.27. The van der Waals surface area contributed by atoms with Gasteiger partial charge in [0, 0.05) is 18.6 Å². The van der Waals surface area contributed by atoms with Gasteiger partial charge in [0.05, 0.1) is 0 Å². The molecule has 0 saturated carbocycles. The highest BCUT2D eigenvalue weighted by Gasteiger charge is 2.30. The Bertz CT molecular complexity index is 355. The van der Waals surface area contributed by atoms with Gasteiger partial charge in [0.1, 0.15) is 0 Å². The summed E-state index contributed by atoms with van der Waals surface area (Å²) in [7, 11) is -3.33. The molecule has 0 aromatic rings. The fourth-order valence-corrected chi connectivity index (χ4v) is 3.88. The average molecular weight is 291 g/mol. The Labute approximate surface area is 118 Å². The maximum atomic E-state index is 12.2. The van der Waals surface area contributed by atoms with E-state index in [1.54, 1.807) is 4.31 Å². The van der Waals surface area contributed by atoms with E-state index >= 15 is 0 Å². The molecule has 1 heterocycles. The Balaban J connectivity index is 2.41. The molecular weight excluding hydrogens is 262 g/mol. The van der Waals surface area contributed by atoms with E-state index in [0.29, 0.717) is 19.0 Å². The molecule has 1 saturated heterocycles. The van der Waals surface area contributed by atoms with Crippen LogP contribution in [0.3, 0.4) is 0 Å². The van der Waals surface area contributed by atoms with Gasteiger partial charge in [-0.1, -0.05) is 6.92 Å². The van der Waals surface area contributed by atoms with Crippen molar-refractivity contribution < 1.29 is 8.42 Å². The van der Waals surface area contributed by atoms with Gasteiger partial charge in [0.25, 0.3) is 10.2 Å². The lowest BCUT2D eigenvalue weighted by Crippen LogP contribution is -2.51. The number of piperidine rings is 1. The lowest BCUT2D eigenvalue weighted by Gasteiger charge is -2.33. The summed E-state index contributed by atoms with van der Waals surface area (Å²) < 4.78 is 28.6. The van der Waals surface area contributed by atoms with Gasteiger partial charge in [-0.05, 0) is 59.0 Å². The first-order valence-electron chi connectivity index (χ1n) is 7.24. The summed E-state index contributed by atoms with van der Waals surface area (Å²) in [6.45, 7) is 11.1. The maximum Gasteiger partial charge on any atom is 0.279 e. The van der Waals surface area contributed by atoms with Crippen molar-refractivity contribution in [3.8, 4) is 0 Å². The lowest BCUT2D eigenvalue weighted by atomic mass is 9.98. The molecule has 0 bridgehead atoms. The predicted molar refractivity (Wildman–Crippen MR) is 79.3 cm³/mol. The van der Waals surface area contributed by atoms with Crippen LogP contribution in [0.4, 0.5) is 0 Å². The van der Waals surface area contributed by atoms with E-state index in [2.05, 4.69) is 17.0 Å². The van der Waals surface area contributed by atoms with Gasteiger partial charge in [0.2, 0.25) is 0 Å². The molecule has 6 heteroatoms. The molecule has 0 amide bonds. The quantitative estimate of drug-likeness (QED) is 0.726. The van der Waals surface area contributed by atoms with E-state index < -0.39 is 15.7 Å². The first kappa shape index (κ1) is 16.9. The zero-order valence-corrected chi connectivity index (χ0v) is 13.5. The van der Waals surface area contributed by atoms with Crippen molar-refractivity contribution in [2.24, 2.45) is 5.92 Å². The molecule has 1 aliphatic heterocycles. The lowest BCUT2D eigenvalue weighted by molar-refractivity contribution is 0.262. The molecule has 0 radical (unpaired) electrons. The topological polar surface area (TPSA) is 61.4 Å². The highest BCUT2D eigenvalue weighted by atomic mass is 32.2. The molecule has 0 unspecified atom stereocenters. The number of hydrogen-bond donors (Lipinski definition) is 2. The zero-order valence-electron chi connectivity index (χ0n) is 12.7. The SMILES string of the molecule is CCCNCC1CCN(S(=O)(=O)NC(C)(C)C)CC1. The molecule has 1 fully saturated rings. The highest BCUT2D eigenvalue weighted by Crippen LogP contribution is 2.19. The molecule has 0 aromatic carbocycles. The standard InChI is InChI=1S/C13H29N3O2S/c1-5-8-14-11-12-6-9-16(10-7-12)19(17,18)15-13(2,3)4/h12,14-15H,5-11H2,1-4H3. The first-order chi connectivity index (χ1) is 8.74. The Morgan fingerprint density at radius 3 is 2.26 bits per heavy atom. The summed E-state index contributed by atoms with van der Waals surface area (Å²) >= 11 is 0. The molecule has 2 N–H and O–H groups in total. The molecule has 19 heavy (non-hydrogen) atoms. The van der Waals surface area contributed by atoms with Crippen LogP contribution in [0.2, 0.25) is 0 Å². The third-order valence-electron chi connectivity index (χ3n) is 3.21. The van der Waals surface area contributed by atoms with Crippen molar-refractivity contribution in [1.29, 1.82) is 0 Å². The van der Waals surface area contributed by atoms with Crippen LogP contribution in [0.25, 0.3) is 0 Å². The Kier molecular flexibility index (Phi) is 6.23. The second kappa shape index (κ2) is 7.02. The number of nitrogens with one attached hydrogen (secondary N) is 2. The zero-order chi connectivity index (χ0) is 14.5. The van der Waals surface area contributed by atoms with Crippen LogP contribution in [-0.4, -0.2) is 44.4 Å². The fourth-order valence-electron chi connectivity index (χ4n) is 2.29. The summed E-state index contributed by atoms with van der Waals surface area (Å²) in [4.78, 5) is 0. The normalized spacial score (nSPS) is 19.8. The third kappa shape index (κ3) is 6.21. The van der Waals surface area contributed by atoms with Gasteiger partial charge < -0.3 is 5.32 Å². The summed E-state index contributed by atoms with van der Waals surface area (Å²) in [6.07, 6.45) is 3.03.